The molecule has 1 aromatic rings. The van der Waals surface area contributed by atoms with Crippen LogP contribution in [0.2, 0.25) is 0 Å². The van der Waals surface area contributed by atoms with Gasteiger partial charge in [0.15, 0.2) is 0 Å². The molecule has 0 saturated heterocycles. The van der Waals surface area contributed by atoms with Crippen LogP contribution in [0.25, 0.3) is 0 Å². The normalized spacial score (nSPS) is 13.7. The first-order valence-corrected chi connectivity index (χ1v) is 11.5. The first-order valence-electron chi connectivity index (χ1n) is 11.1. The molecule has 1 rings (SSSR count). The highest BCUT2D eigenvalue weighted by Gasteiger charge is 2.14. The molecule has 1 amide bonds. The number of pyridine rings is 1. The van der Waals surface area contributed by atoms with Crippen molar-refractivity contribution in [2.24, 2.45) is 9.98 Å². The molecule has 0 aliphatic carbocycles. The van der Waals surface area contributed by atoms with Crippen molar-refractivity contribution >= 4 is 35.8 Å². The van der Waals surface area contributed by atoms with Gasteiger partial charge in [0.05, 0.1) is 12.1 Å². The fraction of sp³-hybridized carbons (Fsp3) is 0.385. The maximum atomic E-state index is 12.9. The van der Waals surface area contributed by atoms with Crippen LogP contribution in [0.5, 0.6) is 0 Å². The monoisotopic (exact) mass is 485 g/mol. The summed E-state index contributed by atoms with van der Waals surface area (Å²) in [5, 5.41) is 13.1. The number of halogens is 1. The highest BCUT2D eigenvalue weighted by Crippen LogP contribution is 2.15. The lowest BCUT2D eigenvalue weighted by molar-refractivity contribution is -0.117. The molecule has 7 nitrogen and oxygen atoms in total. The SMILES string of the molecule is C=N/C=C(\C=C\Cl)/C=C/CC(/C=C(\CC)C(=O)NCc1c(C)cc(N)nc1C)=N/CC(C)(C)O. The van der Waals surface area contributed by atoms with E-state index in [1.807, 2.05) is 32.9 Å². The Bertz CT molecular complexity index is 992. The number of nitrogens with zero attached hydrogens (tertiary/aromatic N) is 3. The van der Waals surface area contributed by atoms with E-state index in [-0.39, 0.29) is 12.5 Å². The van der Waals surface area contributed by atoms with Crippen molar-refractivity contribution in [3.05, 3.63) is 70.1 Å². The lowest BCUT2D eigenvalue weighted by Crippen LogP contribution is -2.26. The number of nitrogens with two attached hydrogens (primary N) is 1. The van der Waals surface area contributed by atoms with Gasteiger partial charge in [0, 0.05) is 41.7 Å². The van der Waals surface area contributed by atoms with E-state index in [4.69, 9.17) is 17.3 Å². The topological polar surface area (TPSA) is 113 Å². The second-order valence-electron chi connectivity index (χ2n) is 8.46. The maximum absolute atomic E-state index is 12.9. The summed E-state index contributed by atoms with van der Waals surface area (Å²) in [6.07, 6.45) is 9.76. The largest absolute Gasteiger partial charge is 0.389 e. The van der Waals surface area contributed by atoms with Crippen LogP contribution in [0, 0.1) is 13.8 Å². The zero-order chi connectivity index (χ0) is 25.7. The number of nitrogen functional groups attached to an aromatic ring is 1. The van der Waals surface area contributed by atoms with Crippen molar-refractivity contribution in [1.82, 2.24) is 10.3 Å². The standard InChI is InChI=1S/C26H36ClN5O2/c1-7-21(25(33)30-16-23-18(2)13-24(28)32-19(23)3)14-22(31-17-26(4,5)34)10-8-9-20(11-12-27)15-29-6/h8-9,11-15,34H,6-7,10,16-17H2,1-5H3,(H2,28,32)(H,30,33)/b9-8+,12-11+,20-15-,21-14+,31-22-. The van der Waals surface area contributed by atoms with Crippen molar-refractivity contribution < 1.29 is 9.90 Å². The lowest BCUT2D eigenvalue weighted by Gasteiger charge is -2.15. The van der Waals surface area contributed by atoms with Gasteiger partial charge >= 0.3 is 0 Å². The highest BCUT2D eigenvalue weighted by molar-refractivity contribution is 6.25. The van der Waals surface area contributed by atoms with Gasteiger partial charge in [0.25, 0.3) is 0 Å². The number of hydrogen-bond donors (Lipinski definition) is 3. The van der Waals surface area contributed by atoms with Crippen LogP contribution in [-0.2, 0) is 11.3 Å². The highest BCUT2D eigenvalue weighted by atomic mass is 35.5. The molecule has 0 radical (unpaired) electrons. The predicted molar refractivity (Wildman–Crippen MR) is 143 cm³/mol. The van der Waals surface area contributed by atoms with Crippen LogP contribution in [0.15, 0.2) is 63.2 Å². The minimum atomic E-state index is -0.964. The molecule has 0 saturated carbocycles. The number of allylic oxidation sites excluding steroid dienone is 5. The first kappa shape index (κ1) is 29.0. The van der Waals surface area contributed by atoms with Crippen LogP contribution in [0.1, 0.15) is 50.4 Å². The summed E-state index contributed by atoms with van der Waals surface area (Å²) in [5.41, 5.74) is 11.0. The number of amides is 1. The Morgan fingerprint density at radius 2 is 2.06 bits per heavy atom. The molecule has 0 bridgehead atoms. The summed E-state index contributed by atoms with van der Waals surface area (Å²) in [6.45, 7) is 13.1. The van der Waals surface area contributed by atoms with Gasteiger partial charge in [0.1, 0.15) is 5.82 Å². The van der Waals surface area contributed by atoms with Crippen molar-refractivity contribution in [3.63, 3.8) is 0 Å². The Balaban J connectivity index is 3.10. The zero-order valence-corrected chi connectivity index (χ0v) is 21.5. The molecule has 0 aromatic carbocycles. The van der Waals surface area contributed by atoms with Crippen LogP contribution in [0.4, 0.5) is 5.82 Å². The van der Waals surface area contributed by atoms with Gasteiger partial charge in [0.2, 0.25) is 5.91 Å². The van der Waals surface area contributed by atoms with Crippen molar-refractivity contribution in [2.75, 3.05) is 12.3 Å². The quantitative estimate of drug-likeness (QED) is 0.225. The molecule has 0 atom stereocenters. The van der Waals surface area contributed by atoms with Gasteiger partial charge in [-0.25, -0.2) is 4.98 Å². The zero-order valence-electron chi connectivity index (χ0n) is 20.7. The number of anilines is 1. The number of aryl methyl sites for hydroxylation is 2. The van der Waals surface area contributed by atoms with E-state index in [2.05, 4.69) is 27.0 Å². The molecule has 0 aliphatic heterocycles. The molecular formula is C26H36ClN5O2. The summed E-state index contributed by atoms with van der Waals surface area (Å²) < 4.78 is 0. The number of aliphatic imine (C=N–C) groups is 2. The number of aromatic nitrogens is 1. The average Bonchev–Trinajstić information content (AvgIpc) is 2.74. The Kier molecular flexibility index (Phi) is 12.2. The minimum Gasteiger partial charge on any atom is -0.389 e. The Morgan fingerprint density at radius 3 is 2.62 bits per heavy atom. The number of carbonyl (C=O) groups is 1. The van der Waals surface area contributed by atoms with Gasteiger partial charge in [-0.05, 0) is 75.8 Å². The van der Waals surface area contributed by atoms with Gasteiger partial charge in [-0.15, -0.1) is 0 Å². The van der Waals surface area contributed by atoms with E-state index in [9.17, 15) is 9.90 Å². The molecule has 1 heterocycles. The van der Waals surface area contributed by atoms with Gasteiger partial charge < -0.3 is 16.2 Å². The summed E-state index contributed by atoms with van der Waals surface area (Å²) in [7, 11) is 0. The second kappa shape index (κ2) is 14.3. The number of carbonyl (C=O) groups excluding carboxylic acids is 1. The minimum absolute atomic E-state index is 0.181. The number of nitrogens with one attached hydrogen (secondary N) is 1. The second-order valence-corrected chi connectivity index (χ2v) is 8.72. The molecule has 0 spiro atoms. The molecule has 4 N–H and O–H groups in total. The molecule has 34 heavy (non-hydrogen) atoms. The third-order valence-electron chi connectivity index (χ3n) is 4.82. The van der Waals surface area contributed by atoms with E-state index in [0.717, 1.165) is 22.4 Å². The fourth-order valence-electron chi connectivity index (χ4n) is 3.07. The smallest absolute Gasteiger partial charge is 0.247 e. The Labute approximate surface area is 207 Å². The first-order chi connectivity index (χ1) is 16.0. The lowest BCUT2D eigenvalue weighted by atomic mass is 10.1. The molecule has 0 fully saturated rings. The van der Waals surface area contributed by atoms with E-state index in [0.29, 0.717) is 36.5 Å². The number of aliphatic hydroxyl groups is 1. The number of rotatable bonds is 12. The van der Waals surface area contributed by atoms with Crippen LogP contribution in [0.3, 0.4) is 0 Å². The molecule has 0 aliphatic rings. The third-order valence-corrected chi connectivity index (χ3v) is 4.94. The molecule has 0 unspecified atom stereocenters. The Morgan fingerprint density at radius 1 is 1.35 bits per heavy atom. The van der Waals surface area contributed by atoms with Crippen molar-refractivity contribution in [3.8, 4) is 0 Å². The van der Waals surface area contributed by atoms with Crippen LogP contribution < -0.4 is 11.1 Å². The van der Waals surface area contributed by atoms with Crippen LogP contribution >= 0.6 is 11.6 Å². The van der Waals surface area contributed by atoms with Crippen LogP contribution in [-0.4, -0.2) is 40.6 Å². The van der Waals surface area contributed by atoms with Crippen molar-refractivity contribution in [1.29, 1.82) is 0 Å². The maximum Gasteiger partial charge on any atom is 0.247 e. The van der Waals surface area contributed by atoms with E-state index in [1.165, 1.54) is 5.54 Å². The van der Waals surface area contributed by atoms with E-state index in [1.54, 1.807) is 38.3 Å². The molecular weight excluding hydrogens is 450 g/mol. The summed E-state index contributed by atoms with van der Waals surface area (Å²) in [5.74, 6) is 0.280. The molecule has 8 heteroatoms. The van der Waals surface area contributed by atoms with Gasteiger partial charge in [-0.2, -0.15) is 0 Å². The molecule has 1 aromatic heterocycles. The van der Waals surface area contributed by atoms with E-state index >= 15 is 0 Å². The number of hydrogen-bond acceptors (Lipinski definition) is 6. The summed E-state index contributed by atoms with van der Waals surface area (Å²) in [6, 6.07) is 1.79. The van der Waals surface area contributed by atoms with Gasteiger partial charge in [-0.3, -0.25) is 14.8 Å². The molecule has 184 valence electrons. The summed E-state index contributed by atoms with van der Waals surface area (Å²) in [4.78, 5) is 25.5. The summed E-state index contributed by atoms with van der Waals surface area (Å²) >= 11 is 5.66. The fourth-order valence-corrected chi connectivity index (χ4v) is 3.21. The predicted octanol–water partition coefficient (Wildman–Crippen LogP) is 4.73. The van der Waals surface area contributed by atoms with Crippen molar-refractivity contribution in [2.45, 2.75) is 59.6 Å². The average molecular weight is 486 g/mol. The van der Waals surface area contributed by atoms with Gasteiger partial charge in [-0.1, -0.05) is 30.7 Å². The Hall–Kier alpha value is -3.03. The third kappa shape index (κ3) is 10.7. The van der Waals surface area contributed by atoms with E-state index < -0.39 is 5.60 Å².